The van der Waals surface area contributed by atoms with Crippen LogP contribution in [-0.2, 0) is 0 Å². The lowest BCUT2D eigenvalue weighted by molar-refractivity contribution is 0.0856. The summed E-state index contributed by atoms with van der Waals surface area (Å²) >= 11 is 0. The average molecular weight is 315 g/mol. The summed E-state index contributed by atoms with van der Waals surface area (Å²) in [5.41, 5.74) is 1.43. The first-order chi connectivity index (χ1) is 11.2. The molecule has 0 unspecified atom stereocenters. The monoisotopic (exact) mass is 315 g/mol. The summed E-state index contributed by atoms with van der Waals surface area (Å²) in [5, 5.41) is 3.20. The molecule has 1 aliphatic heterocycles. The van der Waals surface area contributed by atoms with E-state index in [0.717, 1.165) is 24.7 Å². The Labute approximate surface area is 139 Å². The smallest absolute Gasteiger partial charge is 0.270 e. The minimum Gasteiger partial charge on any atom is -0.347 e. The Balaban J connectivity index is 1.56. The Hall–Kier alpha value is -1.42. The third kappa shape index (κ3) is 4.54. The third-order valence-electron chi connectivity index (χ3n) is 5.25. The number of carbonyl (C=O) groups excluding carboxylic acids is 1. The maximum atomic E-state index is 12.4. The van der Waals surface area contributed by atoms with E-state index in [4.69, 9.17) is 0 Å². The molecule has 1 saturated carbocycles. The SMILES string of the molecule is Cc1cccc(C(=O)N[C@H]2CCCN(C3CCCCCC3)C2)n1. The number of amides is 1. The van der Waals surface area contributed by atoms with E-state index in [1.54, 1.807) is 6.07 Å². The maximum absolute atomic E-state index is 12.4. The first-order valence-electron chi connectivity index (χ1n) is 9.21. The van der Waals surface area contributed by atoms with Crippen molar-refractivity contribution in [1.82, 2.24) is 15.2 Å². The van der Waals surface area contributed by atoms with E-state index in [0.29, 0.717) is 5.69 Å². The number of carbonyl (C=O) groups is 1. The van der Waals surface area contributed by atoms with Gasteiger partial charge in [-0.2, -0.15) is 0 Å². The van der Waals surface area contributed by atoms with Crippen molar-refractivity contribution in [2.45, 2.75) is 70.4 Å². The molecule has 1 aliphatic carbocycles. The van der Waals surface area contributed by atoms with Crippen LogP contribution in [0.15, 0.2) is 18.2 Å². The summed E-state index contributed by atoms with van der Waals surface area (Å²) in [7, 11) is 0. The zero-order valence-corrected chi connectivity index (χ0v) is 14.3. The van der Waals surface area contributed by atoms with Gasteiger partial charge in [0.15, 0.2) is 0 Å². The molecule has 0 radical (unpaired) electrons. The second-order valence-corrected chi connectivity index (χ2v) is 7.12. The topological polar surface area (TPSA) is 45.2 Å². The summed E-state index contributed by atoms with van der Waals surface area (Å²) in [6.07, 6.45) is 10.5. The number of nitrogens with zero attached hydrogens (tertiary/aromatic N) is 2. The van der Waals surface area contributed by atoms with Crippen molar-refractivity contribution < 1.29 is 4.79 Å². The van der Waals surface area contributed by atoms with Gasteiger partial charge < -0.3 is 5.32 Å². The molecule has 1 amide bonds. The molecular formula is C19H29N3O. The predicted molar refractivity (Wildman–Crippen MR) is 92.5 cm³/mol. The lowest BCUT2D eigenvalue weighted by Crippen LogP contribution is -2.51. The molecule has 1 aromatic rings. The first kappa shape index (κ1) is 16.4. The number of aromatic nitrogens is 1. The zero-order valence-electron chi connectivity index (χ0n) is 14.3. The van der Waals surface area contributed by atoms with Gasteiger partial charge in [-0.15, -0.1) is 0 Å². The molecule has 0 spiro atoms. The summed E-state index contributed by atoms with van der Waals surface area (Å²) in [4.78, 5) is 19.4. The quantitative estimate of drug-likeness (QED) is 0.871. The average Bonchev–Trinajstić information content (AvgIpc) is 2.84. The van der Waals surface area contributed by atoms with Crippen molar-refractivity contribution in [2.75, 3.05) is 13.1 Å². The Kier molecular flexibility index (Phi) is 5.65. The lowest BCUT2D eigenvalue weighted by Gasteiger charge is -2.38. The van der Waals surface area contributed by atoms with Crippen molar-refractivity contribution in [1.29, 1.82) is 0 Å². The highest BCUT2D eigenvalue weighted by molar-refractivity contribution is 5.92. The van der Waals surface area contributed by atoms with Crippen LogP contribution < -0.4 is 5.32 Å². The van der Waals surface area contributed by atoms with Gasteiger partial charge in [0.1, 0.15) is 5.69 Å². The van der Waals surface area contributed by atoms with Crippen LogP contribution in [-0.4, -0.2) is 41.0 Å². The van der Waals surface area contributed by atoms with Crippen LogP contribution in [0.5, 0.6) is 0 Å². The van der Waals surface area contributed by atoms with Crippen molar-refractivity contribution in [3.63, 3.8) is 0 Å². The highest BCUT2D eigenvalue weighted by Crippen LogP contribution is 2.24. The highest BCUT2D eigenvalue weighted by atomic mass is 16.1. The molecule has 4 nitrogen and oxygen atoms in total. The summed E-state index contributed by atoms with van der Waals surface area (Å²) in [6.45, 7) is 4.12. The number of aryl methyl sites for hydroxylation is 1. The molecule has 1 aromatic heterocycles. The number of nitrogens with one attached hydrogen (secondary N) is 1. The van der Waals surface area contributed by atoms with E-state index in [2.05, 4.69) is 15.2 Å². The molecule has 3 rings (SSSR count). The van der Waals surface area contributed by atoms with Crippen molar-refractivity contribution in [3.05, 3.63) is 29.6 Å². The van der Waals surface area contributed by atoms with Crippen LogP contribution in [0.25, 0.3) is 0 Å². The molecule has 1 atom stereocenters. The Morgan fingerprint density at radius 2 is 1.91 bits per heavy atom. The highest BCUT2D eigenvalue weighted by Gasteiger charge is 2.27. The van der Waals surface area contributed by atoms with E-state index in [9.17, 15) is 4.79 Å². The molecule has 2 fully saturated rings. The number of pyridine rings is 1. The first-order valence-corrected chi connectivity index (χ1v) is 9.21. The number of piperidine rings is 1. The summed E-state index contributed by atoms with van der Waals surface area (Å²) in [5.74, 6) is -0.0265. The molecule has 23 heavy (non-hydrogen) atoms. The van der Waals surface area contributed by atoms with E-state index in [1.165, 1.54) is 51.5 Å². The lowest BCUT2D eigenvalue weighted by atomic mass is 10.00. The second-order valence-electron chi connectivity index (χ2n) is 7.12. The van der Waals surface area contributed by atoms with Crippen LogP contribution in [0, 0.1) is 6.92 Å². The van der Waals surface area contributed by atoms with Crippen molar-refractivity contribution in [3.8, 4) is 0 Å². The van der Waals surface area contributed by atoms with Gasteiger partial charge in [0.05, 0.1) is 0 Å². The van der Waals surface area contributed by atoms with Crippen LogP contribution in [0.4, 0.5) is 0 Å². The maximum Gasteiger partial charge on any atom is 0.270 e. The molecule has 0 bridgehead atoms. The third-order valence-corrected chi connectivity index (χ3v) is 5.25. The van der Waals surface area contributed by atoms with Gasteiger partial charge >= 0.3 is 0 Å². The zero-order chi connectivity index (χ0) is 16.1. The largest absolute Gasteiger partial charge is 0.347 e. The van der Waals surface area contributed by atoms with Crippen molar-refractivity contribution in [2.24, 2.45) is 0 Å². The van der Waals surface area contributed by atoms with Crippen LogP contribution in [0.3, 0.4) is 0 Å². The Bertz CT molecular complexity index is 523. The van der Waals surface area contributed by atoms with E-state index in [-0.39, 0.29) is 11.9 Å². The van der Waals surface area contributed by atoms with E-state index in [1.807, 2.05) is 19.1 Å². The number of hydrogen-bond donors (Lipinski definition) is 1. The van der Waals surface area contributed by atoms with Crippen molar-refractivity contribution >= 4 is 5.91 Å². The van der Waals surface area contributed by atoms with Gasteiger partial charge in [0, 0.05) is 24.3 Å². The van der Waals surface area contributed by atoms with Crippen LogP contribution in [0.2, 0.25) is 0 Å². The minimum atomic E-state index is -0.0265. The second kappa shape index (κ2) is 7.91. The van der Waals surface area contributed by atoms with E-state index < -0.39 is 0 Å². The molecule has 0 aromatic carbocycles. The molecule has 2 heterocycles. The molecular weight excluding hydrogens is 286 g/mol. The van der Waals surface area contributed by atoms with Gasteiger partial charge in [-0.05, 0) is 51.3 Å². The molecule has 4 heteroatoms. The normalized spacial score (nSPS) is 24.1. The van der Waals surface area contributed by atoms with Gasteiger partial charge in [-0.1, -0.05) is 31.7 Å². The summed E-state index contributed by atoms with van der Waals surface area (Å²) in [6, 6.07) is 6.62. The number of likely N-dealkylation sites (tertiary alicyclic amines) is 1. The van der Waals surface area contributed by atoms with Gasteiger partial charge in [-0.3, -0.25) is 9.69 Å². The molecule has 2 aliphatic rings. The minimum absolute atomic E-state index is 0.0265. The fourth-order valence-corrected chi connectivity index (χ4v) is 4.01. The van der Waals surface area contributed by atoms with Crippen LogP contribution >= 0.6 is 0 Å². The molecule has 1 N–H and O–H groups in total. The standard InChI is InChI=1S/C19H29N3O/c1-15-8-6-12-18(20-15)19(23)21-16-9-7-13-22(14-16)17-10-4-2-3-5-11-17/h6,8,12,16-17H,2-5,7,9-11,13-14H2,1H3,(H,21,23)/t16-/m0/s1. The van der Waals surface area contributed by atoms with Crippen LogP contribution in [0.1, 0.15) is 67.5 Å². The fourth-order valence-electron chi connectivity index (χ4n) is 4.01. The summed E-state index contributed by atoms with van der Waals surface area (Å²) < 4.78 is 0. The predicted octanol–water partition coefficient (Wildman–Crippen LogP) is 3.31. The molecule has 126 valence electrons. The van der Waals surface area contributed by atoms with Gasteiger partial charge in [0.2, 0.25) is 0 Å². The molecule has 1 saturated heterocycles. The van der Waals surface area contributed by atoms with E-state index >= 15 is 0 Å². The van der Waals surface area contributed by atoms with Gasteiger partial charge in [0.25, 0.3) is 5.91 Å². The Morgan fingerprint density at radius 3 is 2.65 bits per heavy atom. The number of hydrogen-bond acceptors (Lipinski definition) is 3. The Morgan fingerprint density at radius 1 is 1.13 bits per heavy atom. The van der Waals surface area contributed by atoms with Gasteiger partial charge in [-0.25, -0.2) is 4.98 Å². The number of rotatable bonds is 3. The fraction of sp³-hybridized carbons (Fsp3) is 0.684.